The number of thioether (sulfide) groups is 1. The lowest BCUT2D eigenvalue weighted by Gasteiger charge is -2.09. The molecule has 0 fully saturated rings. The van der Waals surface area contributed by atoms with Crippen LogP contribution in [-0.4, -0.2) is 17.0 Å². The second kappa shape index (κ2) is 6.70. The first-order valence-electron chi connectivity index (χ1n) is 5.44. The molecule has 1 atom stereocenters. The summed E-state index contributed by atoms with van der Waals surface area (Å²) in [6.45, 7) is 0. The van der Waals surface area contributed by atoms with E-state index in [1.807, 2.05) is 11.4 Å². The zero-order valence-electron chi connectivity index (χ0n) is 9.48. The van der Waals surface area contributed by atoms with Crippen LogP contribution in [0.1, 0.15) is 4.88 Å². The van der Waals surface area contributed by atoms with Gasteiger partial charge in [-0.25, -0.2) is 4.39 Å². The van der Waals surface area contributed by atoms with Gasteiger partial charge in [-0.15, -0.1) is 23.1 Å². The van der Waals surface area contributed by atoms with Crippen molar-refractivity contribution in [1.29, 1.82) is 0 Å². The Morgan fingerprint density at radius 1 is 1.33 bits per heavy atom. The summed E-state index contributed by atoms with van der Waals surface area (Å²) in [6, 6.07) is 8.60. The van der Waals surface area contributed by atoms with Crippen molar-refractivity contribution in [2.24, 2.45) is 0 Å². The van der Waals surface area contributed by atoms with Crippen molar-refractivity contribution in [1.82, 2.24) is 0 Å². The van der Waals surface area contributed by atoms with Gasteiger partial charge in [0.15, 0.2) is 0 Å². The normalized spacial score (nSPS) is 12.6. The number of aliphatic hydroxyl groups excluding tert-OH is 1. The van der Waals surface area contributed by atoms with E-state index in [2.05, 4.69) is 15.9 Å². The highest BCUT2D eigenvalue weighted by molar-refractivity contribution is 9.10. The van der Waals surface area contributed by atoms with Crippen LogP contribution in [0.3, 0.4) is 0 Å². The van der Waals surface area contributed by atoms with Gasteiger partial charge in [0.25, 0.3) is 0 Å². The number of hydrogen-bond donors (Lipinski definition) is 1. The van der Waals surface area contributed by atoms with Crippen LogP contribution in [-0.2, 0) is 6.42 Å². The molecular formula is C13H12BrFOS2. The smallest absolute Gasteiger partial charge is 0.136 e. The van der Waals surface area contributed by atoms with Crippen molar-refractivity contribution in [3.05, 3.63) is 50.9 Å². The number of rotatable bonds is 5. The van der Waals surface area contributed by atoms with E-state index < -0.39 is 6.10 Å². The molecular weight excluding hydrogens is 335 g/mol. The van der Waals surface area contributed by atoms with Gasteiger partial charge in [-0.2, -0.15) is 0 Å². The fourth-order valence-corrected chi connectivity index (χ4v) is 3.95. The monoisotopic (exact) mass is 346 g/mol. The minimum atomic E-state index is -0.468. The van der Waals surface area contributed by atoms with E-state index in [0.29, 0.717) is 17.1 Å². The third-order valence-electron chi connectivity index (χ3n) is 2.38. The Balaban J connectivity index is 1.87. The highest BCUT2D eigenvalue weighted by Gasteiger charge is 2.11. The van der Waals surface area contributed by atoms with Crippen molar-refractivity contribution in [3.63, 3.8) is 0 Å². The van der Waals surface area contributed by atoms with Gasteiger partial charge >= 0.3 is 0 Å². The molecule has 96 valence electrons. The topological polar surface area (TPSA) is 20.2 Å². The molecule has 0 aliphatic rings. The van der Waals surface area contributed by atoms with Crippen LogP contribution in [0.25, 0.3) is 0 Å². The molecule has 1 nitrogen and oxygen atoms in total. The Labute approximate surface area is 122 Å². The summed E-state index contributed by atoms with van der Waals surface area (Å²) in [6.07, 6.45) is 0.129. The Morgan fingerprint density at radius 2 is 2.11 bits per heavy atom. The first-order chi connectivity index (χ1) is 8.66. The fourth-order valence-electron chi connectivity index (χ4n) is 1.49. The molecule has 0 bridgehead atoms. The van der Waals surface area contributed by atoms with Crippen molar-refractivity contribution in [3.8, 4) is 0 Å². The van der Waals surface area contributed by atoms with E-state index in [-0.39, 0.29) is 5.82 Å². The molecule has 1 unspecified atom stereocenters. The van der Waals surface area contributed by atoms with Crippen LogP contribution in [0.4, 0.5) is 4.39 Å². The fraction of sp³-hybridized carbons (Fsp3) is 0.231. The first-order valence-corrected chi connectivity index (χ1v) is 8.10. The van der Waals surface area contributed by atoms with E-state index in [0.717, 1.165) is 9.35 Å². The summed E-state index contributed by atoms with van der Waals surface area (Å²) in [5.41, 5.74) is 0. The lowest BCUT2D eigenvalue weighted by Crippen LogP contribution is -2.13. The average Bonchev–Trinajstić information content (AvgIpc) is 2.74. The van der Waals surface area contributed by atoms with Crippen molar-refractivity contribution < 1.29 is 9.50 Å². The number of hydrogen-bond acceptors (Lipinski definition) is 3. The summed E-state index contributed by atoms with van der Waals surface area (Å²) in [5.74, 6) is 0.262. The Morgan fingerprint density at radius 3 is 2.78 bits per heavy atom. The molecule has 1 N–H and O–H groups in total. The average molecular weight is 347 g/mol. The molecule has 1 heterocycles. The molecule has 0 spiro atoms. The van der Waals surface area contributed by atoms with E-state index in [1.165, 1.54) is 17.8 Å². The van der Waals surface area contributed by atoms with Crippen molar-refractivity contribution >= 4 is 39.0 Å². The van der Waals surface area contributed by atoms with Crippen LogP contribution >= 0.6 is 39.0 Å². The Hall–Kier alpha value is -0.360. The van der Waals surface area contributed by atoms with Gasteiger partial charge in [0.1, 0.15) is 5.82 Å². The molecule has 18 heavy (non-hydrogen) atoms. The van der Waals surface area contributed by atoms with Gasteiger partial charge in [-0.1, -0.05) is 12.1 Å². The predicted molar refractivity (Wildman–Crippen MR) is 78.9 cm³/mol. The van der Waals surface area contributed by atoms with Gasteiger partial charge < -0.3 is 5.11 Å². The van der Waals surface area contributed by atoms with Gasteiger partial charge in [0.2, 0.25) is 0 Å². The lowest BCUT2D eigenvalue weighted by molar-refractivity contribution is 0.201. The van der Waals surface area contributed by atoms with Crippen LogP contribution in [0.5, 0.6) is 0 Å². The molecule has 0 radical (unpaired) electrons. The molecule has 5 heteroatoms. The molecule has 1 aromatic heterocycles. The highest BCUT2D eigenvalue weighted by Crippen LogP contribution is 2.26. The standard InChI is InChI=1S/C13H12BrFOS2/c14-10-5-6-17-13(10)7-9(16)8-18-12-4-2-1-3-11(12)15/h1-6,9,16H,7-8H2. The van der Waals surface area contributed by atoms with Crippen LogP contribution in [0.2, 0.25) is 0 Å². The molecule has 0 saturated heterocycles. The third kappa shape index (κ3) is 3.82. The Bertz CT molecular complexity index is 515. The largest absolute Gasteiger partial charge is 0.392 e. The predicted octanol–water partition coefficient (Wildman–Crippen LogP) is 4.35. The second-order valence-electron chi connectivity index (χ2n) is 3.79. The molecule has 2 aromatic rings. The quantitative estimate of drug-likeness (QED) is 0.812. The van der Waals surface area contributed by atoms with E-state index in [1.54, 1.807) is 29.5 Å². The lowest BCUT2D eigenvalue weighted by atomic mass is 10.2. The van der Waals surface area contributed by atoms with E-state index in [9.17, 15) is 9.50 Å². The van der Waals surface area contributed by atoms with Crippen molar-refractivity contribution in [2.45, 2.75) is 17.4 Å². The second-order valence-corrected chi connectivity index (χ2v) is 6.71. The van der Waals surface area contributed by atoms with Crippen molar-refractivity contribution in [2.75, 3.05) is 5.75 Å². The molecule has 2 rings (SSSR count). The minimum absolute atomic E-state index is 0.230. The summed E-state index contributed by atoms with van der Waals surface area (Å²) in [7, 11) is 0. The number of benzene rings is 1. The summed E-state index contributed by atoms with van der Waals surface area (Å²) in [5, 5.41) is 11.9. The van der Waals surface area contributed by atoms with Gasteiger partial charge in [-0.05, 0) is 39.5 Å². The summed E-state index contributed by atoms with van der Waals surface area (Å²) < 4.78 is 14.4. The Kier molecular flexibility index (Phi) is 5.24. The first kappa shape index (κ1) is 14.1. The van der Waals surface area contributed by atoms with Crippen LogP contribution in [0, 0.1) is 5.82 Å². The number of halogens is 2. The zero-order valence-corrected chi connectivity index (χ0v) is 12.7. The van der Waals surface area contributed by atoms with E-state index >= 15 is 0 Å². The van der Waals surface area contributed by atoms with Gasteiger partial charge in [-0.3, -0.25) is 0 Å². The SMILES string of the molecule is OC(CSc1ccccc1F)Cc1sccc1Br. The summed E-state index contributed by atoms with van der Waals surface area (Å²) >= 11 is 6.39. The maximum Gasteiger partial charge on any atom is 0.136 e. The van der Waals surface area contributed by atoms with Gasteiger partial charge in [0, 0.05) is 26.4 Å². The highest BCUT2D eigenvalue weighted by atomic mass is 79.9. The molecule has 1 aromatic carbocycles. The maximum absolute atomic E-state index is 13.4. The summed E-state index contributed by atoms with van der Waals surface area (Å²) in [4.78, 5) is 1.71. The van der Waals surface area contributed by atoms with Crippen LogP contribution in [0.15, 0.2) is 45.1 Å². The zero-order chi connectivity index (χ0) is 13.0. The molecule has 0 amide bonds. The third-order valence-corrected chi connectivity index (χ3v) is 5.52. The van der Waals surface area contributed by atoms with Gasteiger partial charge in [0.05, 0.1) is 6.10 Å². The maximum atomic E-state index is 13.4. The molecule has 0 aliphatic carbocycles. The molecule has 0 saturated carbocycles. The number of thiophene rings is 1. The molecule has 0 aliphatic heterocycles. The van der Waals surface area contributed by atoms with E-state index in [4.69, 9.17) is 0 Å². The minimum Gasteiger partial charge on any atom is -0.392 e. The van der Waals surface area contributed by atoms with Crippen LogP contribution < -0.4 is 0 Å². The number of aliphatic hydroxyl groups is 1.